The minimum Gasteiger partial charge on any atom is -0.300 e. The summed E-state index contributed by atoms with van der Waals surface area (Å²) in [6.45, 7) is 0. The molecule has 1 heterocycles. The lowest BCUT2D eigenvalue weighted by atomic mass is 10.0. The van der Waals surface area contributed by atoms with Gasteiger partial charge in [0.1, 0.15) is 23.5 Å². The van der Waals surface area contributed by atoms with Gasteiger partial charge in [0.2, 0.25) is 0 Å². The van der Waals surface area contributed by atoms with Crippen LogP contribution in [0.4, 0.5) is 4.39 Å². The second-order valence-corrected chi connectivity index (χ2v) is 4.51. The SMILES string of the molecule is CSc1nc(-c2ccc(F)c(C#N)c2)c(C#N)c(=O)[nH]1. The summed E-state index contributed by atoms with van der Waals surface area (Å²) < 4.78 is 13.3. The highest BCUT2D eigenvalue weighted by Gasteiger charge is 2.14. The highest BCUT2D eigenvalue weighted by atomic mass is 32.2. The molecular formula is C13H7FN4OS. The standard InChI is InChI=1S/C13H7FN4OS/c1-20-13-17-11(9(6-16)12(19)18-13)7-2-3-10(14)8(4-7)5-15/h2-4H,1H3,(H,17,18,19). The van der Waals surface area contributed by atoms with E-state index in [1.165, 1.54) is 23.9 Å². The van der Waals surface area contributed by atoms with Gasteiger partial charge in [-0.1, -0.05) is 11.8 Å². The van der Waals surface area contributed by atoms with E-state index in [9.17, 15) is 9.18 Å². The van der Waals surface area contributed by atoms with Crippen molar-refractivity contribution in [2.75, 3.05) is 6.26 Å². The number of hydrogen-bond donors (Lipinski definition) is 1. The third-order valence-corrected chi connectivity index (χ3v) is 3.14. The summed E-state index contributed by atoms with van der Waals surface area (Å²) in [4.78, 5) is 18.4. The van der Waals surface area contributed by atoms with Gasteiger partial charge in [0.15, 0.2) is 5.16 Å². The maximum atomic E-state index is 13.3. The Morgan fingerprint density at radius 3 is 2.70 bits per heavy atom. The Hall–Kier alpha value is -2.64. The van der Waals surface area contributed by atoms with Crippen molar-refractivity contribution in [1.29, 1.82) is 10.5 Å². The van der Waals surface area contributed by atoms with E-state index in [4.69, 9.17) is 10.5 Å². The zero-order valence-corrected chi connectivity index (χ0v) is 11.1. The molecule has 0 atom stereocenters. The van der Waals surface area contributed by atoms with Gasteiger partial charge in [-0.15, -0.1) is 0 Å². The summed E-state index contributed by atoms with van der Waals surface area (Å²) in [5.41, 5.74) is -0.417. The Labute approximate surface area is 117 Å². The van der Waals surface area contributed by atoms with Crippen LogP contribution in [0.1, 0.15) is 11.1 Å². The molecule has 1 aromatic carbocycles. The van der Waals surface area contributed by atoms with Gasteiger partial charge in [0, 0.05) is 5.56 Å². The molecule has 2 rings (SSSR count). The molecule has 98 valence electrons. The molecule has 0 fully saturated rings. The van der Waals surface area contributed by atoms with Crippen molar-refractivity contribution in [1.82, 2.24) is 9.97 Å². The average Bonchev–Trinajstić information content (AvgIpc) is 2.46. The number of hydrogen-bond acceptors (Lipinski definition) is 5. The lowest BCUT2D eigenvalue weighted by Crippen LogP contribution is -2.14. The van der Waals surface area contributed by atoms with Crippen LogP contribution in [-0.2, 0) is 0 Å². The van der Waals surface area contributed by atoms with Gasteiger partial charge in [-0.25, -0.2) is 9.37 Å². The van der Waals surface area contributed by atoms with Crippen molar-refractivity contribution in [2.45, 2.75) is 5.16 Å². The second kappa shape index (κ2) is 5.55. The van der Waals surface area contributed by atoms with Crippen molar-refractivity contribution in [2.24, 2.45) is 0 Å². The number of thioether (sulfide) groups is 1. The van der Waals surface area contributed by atoms with Gasteiger partial charge in [-0.3, -0.25) is 4.79 Å². The van der Waals surface area contributed by atoms with Crippen molar-refractivity contribution < 1.29 is 4.39 Å². The number of nitrogens with zero attached hydrogens (tertiary/aromatic N) is 3. The molecule has 20 heavy (non-hydrogen) atoms. The molecule has 0 amide bonds. The summed E-state index contributed by atoms with van der Waals surface area (Å²) >= 11 is 1.21. The number of benzene rings is 1. The molecule has 0 spiro atoms. The Balaban J connectivity index is 2.76. The number of nitrogens with one attached hydrogen (secondary N) is 1. The summed E-state index contributed by atoms with van der Waals surface area (Å²) in [5, 5.41) is 18.2. The molecule has 0 unspecified atom stereocenters. The molecular weight excluding hydrogens is 279 g/mol. The predicted octanol–water partition coefficient (Wildman–Crippen LogP) is 2.04. The minimum atomic E-state index is -0.662. The number of nitriles is 2. The molecule has 0 aliphatic heterocycles. The average molecular weight is 286 g/mol. The van der Waals surface area contributed by atoms with Crippen LogP contribution in [-0.4, -0.2) is 16.2 Å². The van der Waals surface area contributed by atoms with Crippen molar-refractivity contribution in [3.05, 3.63) is 45.5 Å². The fourth-order valence-electron chi connectivity index (χ4n) is 1.62. The van der Waals surface area contributed by atoms with Crippen molar-refractivity contribution in [3.63, 3.8) is 0 Å². The van der Waals surface area contributed by atoms with Gasteiger partial charge in [-0.05, 0) is 24.5 Å². The van der Waals surface area contributed by atoms with Gasteiger partial charge >= 0.3 is 0 Å². The van der Waals surface area contributed by atoms with Crippen LogP contribution < -0.4 is 5.56 Å². The quantitative estimate of drug-likeness (QED) is 0.673. The highest BCUT2D eigenvalue weighted by molar-refractivity contribution is 7.98. The predicted molar refractivity (Wildman–Crippen MR) is 71.5 cm³/mol. The lowest BCUT2D eigenvalue weighted by molar-refractivity contribution is 0.624. The molecule has 0 radical (unpaired) electrons. The number of aromatic amines is 1. The normalized spacial score (nSPS) is 9.80. The first-order chi connectivity index (χ1) is 9.60. The lowest BCUT2D eigenvalue weighted by Gasteiger charge is -2.05. The van der Waals surface area contributed by atoms with Crippen LogP contribution >= 0.6 is 11.8 Å². The first-order valence-corrected chi connectivity index (χ1v) is 6.61. The molecule has 7 heteroatoms. The molecule has 0 bridgehead atoms. The maximum absolute atomic E-state index is 13.3. The van der Waals surface area contributed by atoms with E-state index in [2.05, 4.69) is 9.97 Å². The summed E-state index contributed by atoms with van der Waals surface area (Å²) in [6.07, 6.45) is 1.72. The minimum absolute atomic E-state index is 0.136. The van der Waals surface area contributed by atoms with Crippen molar-refractivity contribution >= 4 is 11.8 Å². The largest absolute Gasteiger partial charge is 0.300 e. The Bertz CT molecular complexity index is 817. The molecule has 0 saturated carbocycles. The van der Waals surface area contributed by atoms with E-state index in [0.717, 1.165) is 6.07 Å². The van der Waals surface area contributed by atoms with Crippen LogP contribution in [0.15, 0.2) is 28.2 Å². The number of aromatic nitrogens is 2. The van der Waals surface area contributed by atoms with Gasteiger partial charge in [0.05, 0.1) is 11.3 Å². The van der Waals surface area contributed by atoms with E-state index in [0.29, 0.717) is 10.7 Å². The molecule has 1 aromatic heterocycles. The van der Waals surface area contributed by atoms with Crippen molar-refractivity contribution in [3.8, 4) is 23.4 Å². The maximum Gasteiger partial charge on any atom is 0.270 e. The molecule has 5 nitrogen and oxygen atoms in total. The summed E-state index contributed by atoms with van der Waals surface area (Å²) in [6, 6.07) is 7.23. The fraction of sp³-hybridized carbons (Fsp3) is 0.0769. The number of rotatable bonds is 2. The number of halogens is 1. The first kappa shape index (κ1) is 13.8. The highest BCUT2D eigenvalue weighted by Crippen LogP contribution is 2.23. The third kappa shape index (κ3) is 2.40. The fourth-order valence-corrected chi connectivity index (χ4v) is 2.00. The van der Waals surface area contributed by atoms with Crippen LogP contribution in [0, 0.1) is 28.5 Å². The molecule has 2 aromatic rings. The van der Waals surface area contributed by atoms with Crippen LogP contribution in [0.5, 0.6) is 0 Å². The van der Waals surface area contributed by atoms with Gasteiger partial charge < -0.3 is 4.98 Å². The number of H-pyrrole nitrogens is 1. The first-order valence-electron chi connectivity index (χ1n) is 5.39. The van der Waals surface area contributed by atoms with E-state index in [-0.39, 0.29) is 16.8 Å². The van der Waals surface area contributed by atoms with Gasteiger partial charge in [0.25, 0.3) is 5.56 Å². The zero-order chi connectivity index (χ0) is 14.7. The van der Waals surface area contributed by atoms with E-state index >= 15 is 0 Å². The van der Waals surface area contributed by atoms with E-state index < -0.39 is 11.4 Å². The monoisotopic (exact) mass is 286 g/mol. The van der Waals surface area contributed by atoms with E-state index in [1.807, 2.05) is 0 Å². The molecule has 0 saturated heterocycles. The Morgan fingerprint density at radius 1 is 1.35 bits per heavy atom. The Morgan fingerprint density at radius 2 is 2.10 bits per heavy atom. The summed E-state index contributed by atoms with van der Waals surface area (Å²) in [5.74, 6) is -0.662. The third-order valence-electron chi connectivity index (χ3n) is 2.56. The Kier molecular flexibility index (Phi) is 3.83. The summed E-state index contributed by atoms with van der Waals surface area (Å²) in [7, 11) is 0. The second-order valence-electron chi connectivity index (χ2n) is 3.72. The van der Waals surface area contributed by atoms with Crippen LogP contribution in [0.3, 0.4) is 0 Å². The van der Waals surface area contributed by atoms with Crippen LogP contribution in [0.25, 0.3) is 11.3 Å². The van der Waals surface area contributed by atoms with Gasteiger partial charge in [-0.2, -0.15) is 10.5 Å². The van der Waals surface area contributed by atoms with E-state index in [1.54, 1.807) is 18.4 Å². The topological polar surface area (TPSA) is 93.3 Å². The molecule has 1 N–H and O–H groups in total. The molecule has 0 aliphatic carbocycles. The molecule has 0 aliphatic rings. The smallest absolute Gasteiger partial charge is 0.270 e. The van der Waals surface area contributed by atoms with Crippen LogP contribution in [0.2, 0.25) is 0 Å². The zero-order valence-electron chi connectivity index (χ0n) is 10.3.